The SMILES string of the molecule is COC(=O)NC(C(=O)N1CCC[C@H]1c1ncc(-c2ccc3c(c2)cc2n3C(c3cnc(C4CC4)s3)Oc3cc(-c4cnc([C@@H]5CCCN5C(=O)[C@@H](NC(=O)OC)C(C)C)[nH]4)cc(C)c3-2)[nH]1)C(C)C. The highest BCUT2D eigenvalue weighted by Gasteiger charge is 2.40. The minimum absolute atomic E-state index is 0.129. The fourth-order valence-electron chi connectivity index (χ4n) is 10.2. The van der Waals surface area contributed by atoms with Crippen molar-refractivity contribution in [3.8, 4) is 39.5 Å². The third-order valence-electron chi connectivity index (χ3n) is 13.9. The zero-order chi connectivity index (χ0) is 47.5. The first kappa shape index (κ1) is 45.1. The molecule has 5 atom stereocenters. The summed E-state index contributed by atoms with van der Waals surface area (Å²) in [6, 6.07) is 10.9. The molecule has 0 spiro atoms. The van der Waals surface area contributed by atoms with E-state index >= 15 is 0 Å². The maximum absolute atomic E-state index is 13.9. The van der Waals surface area contributed by atoms with Crippen molar-refractivity contribution in [2.24, 2.45) is 11.8 Å². The second-order valence-corrected chi connectivity index (χ2v) is 20.2. The Morgan fingerprint density at radius 3 is 1.90 bits per heavy atom. The molecule has 10 rings (SSSR count). The molecule has 0 radical (unpaired) electrons. The summed E-state index contributed by atoms with van der Waals surface area (Å²) in [6.45, 7) is 10.9. The van der Waals surface area contributed by atoms with Crippen molar-refractivity contribution in [3.05, 3.63) is 82.1 Å². The fraction of sp³-hybridized carbons (Fsp3) is 0.460. The van der Waals surface area contributed by atoms with E-state index in [9.17, 15) is 19.2 Å². The lowest BCUT2D eigenvalue weighted by atomic mass is 9.98. The van der Waals surface area contributed by atoms with Gasteiger partial charge in [0.15, 0.2) is 0 Å². The first-order valence-corrected chi connectivity index (χ1v) is 24.5. The Morgan fingerprint density at radius 2 is 1.34 bits per heavy atom. The number of benzene rings is 2. The van der Waals surface area contributed by atoms with Gasteiger partial charge in [-0.25, -0.2) is 24.5 Å². The Morgan fingerprint density at radius 1 is 0.750 bits per heavy atom. The van der Waals surface area contributed by atoms with Crippen molar-refractivity contribution in [1.82, 2.24) is 49.9 Å². The van der Waals surface area contributed by atoms with E-state index in [0.29, 0.717) is 30.7 Å². The summed E-state index contributed by atoms with van der Waals surface area (Å²) in [6.07, 6.45) is 9.35. The van der Waals surface area contributed by atoms with Gasteiger partial charge in [0.1, 0.15) is 29.5 Å². The van der Waals surface area contributed by atoms with Crippen LogP contribution in [0.5, 0.6) is 5.75 Å². The molecule has 4 N–H and O–H groups in total. The lowest BCUT2D eigenvalue weighted by Crippen LogP contribution is -2.51. The molecule has 18 heteroatoms. The molecule has 1 aliphatic carbocycles. The number of nitrogens with zero attached hydrogens (tertiary/aromatic N) is 6. The molecular formula is C50H58N10O7S. The predicted molar refractivity (Wildman–Crippen MR) is 256 cm³/mol. The number of H-pyrrole nitrogens is 2. The standard InChI is InChI=1S/C50H58N10O7S/c1-25(2)41(56-49(63)65-6)46(61)58-16-8-10-35(58)43-51-22-32(54-43)29-14-15-34-31(19-29)20-37-40-27(5)18-30(21-38(40)67-48(60(34)37)39-24-53-45(68-39)28-12-13-28)33-23-52-44(55-33)36-11-9-17-59(36)47(62)42(26(3)4)57-50(64)66-7/h14-15,18-26,28,35-36,41-42,48H,8-13,16-17H2,1-7H3,(H,51,54)(H,52,55)(H,56,63)(H,57,64)/t35-,36-,41?,42-,48?/m0/s1. The molecule has 7 heterocycles. The highest BCUT2D eigenvalue weighted by Crippen LogP contribution is 2.50. The zero-order valence-corrected chi connectivity index (χ0v) is 40.2. The van der Waals surface area contributed by atoms with E-state index in [0.717, 1.165) is 104 Å². The predicted octanol–water partition coefficient (Wildman–Crippen LogP) is 8.76. The van der Waals surface area contributed by atoms with Crippen molar-refractivity contribution in [2.75, 3.05) is 27.3 Å². The van der Waals surface area contributed by atoms with Crippen LogP contribution in [0.1, 0.15) is 118 Å². The number of hydrogen-bond acceptors (Lipinski definition) is 11. The normalized spacial score (nSPS) is 19.8. The number of alkyl carbamates (subject to hydrolysis) is 2. The van der Waals surface area contributed by atoms with Crippen LogP contribution in [-0.2, 0) is 19.1 Å². The van der Waals surface area contributed by atoms with Gasteiger partial charge in [-0.05, 0) is 93.2 Å². The van der Waals surface area contributed by atoms with E-state index in [4.69, 9.17) is 29.2 Å². The number of rotatable bonds is 12. The maximum atomic E-state index is 13.9. The number of aromatic amines is 2. The summed E-state index contributed by atoms with van der Waals surface area (Å²) in [4.78, 5) is 78.2. The summed E-state index contributed by atoms with van der Waals surface area (Å²) in [5.74, 6) is 2.08. The van der Waals surface area contributed by atoms with Gasteiger partial charge in [0.05, 0.1) is 71.2 Å². The highest BCUT2D eigenvalue weighted by molar-refractivity contribution is 7.11. The number of carbonyl (C=O) groups is 4. The average Bonchev–Trinajstić information content (AvgIpc) is 4.05. The molecule has 2 saturated heterocycles. The smallest absolute Gasteiger partial charge is 0.407 e. The minimum atomic E-state index is -0.722. The number of ether oxygens (including phenoxy) is 3. The number of imidazole rings is 2. The summed E-state index contributed by atoms with van der Waals surface area (Å²) in [5, 5.41) is 7.63. The van der Waals surface area contributed by atoms with E-state index in [1.54, 1.807) is 11.3 Å². The lowest BCUT2D eigenvalue weighted by molar-refractivity contribution is -0.136. The summed E-state index contributed by atoms with van der Waals surface area (Å²) >= 11 is 1.71. The first-order chi connectivity index (χ1) is 32.8. The Labute approximate surface area is 398 Å². The number of nitrogens with one attached hydrogen (secondary N) is 4. The number of thiazole rings is 1. The monoisotopic (exact) mass is 942 g/mol. The molecule has 2 aromatic carbocycles. The zero-order valence-electron chi connectivity index (χ0n) is 39.4. The molecule has 1 saturated carbocycles. The number of hydrogen-bond donors (Lipinski definition) is 4. The first-order valence-electron chi connectivity index (χ1n) is 23.6. The van der Waals surface area contributed by atoms with E-state index in [1.807, 2.05) is 56.1 Å². The Bertz CT molecular complexity index is 2910. The molecule has 3 fully saturated rings. The Hall–Kier alpha value is -6.69. The van der Waals surface area contributed by atoms with Gasteiger partial charge in [0.25, 0.3) is 0 Å². The second kappa shape index (κ2) is 18.1. The quantitative estimate of drug-likeness (QED) is 0.0919. The number of fused-ring (bicyclic) bond motifs is 5. The van der Waals surface area contributed by atoms with E-state index < -0.39 is 30.5 Å². The number of likely N-dealkylation sites (tertiary alicyclic amines) is 2. The Balaban J connectivity index is 0.963. The molecule has 2 unspecified atom stereocenters. The molecule has 68 heavy (non-hydrogen) atoms. The fourth-order valence-corrected chi connectivity index (χ4v) is 11.3. The molecule has 0 bridgehead atoms. The van der Waals surface area contributed by atoms with E-state index in [1.165, 1.54) is 14.2 Å². The number of aromatic nitrogens is 6. The highest BCUT2D eigenvalue weighted by atomic mass is 32.1. The van der Waals surface area contributed by atoms with Crippen LogP contribution in [0.2, 0.25) is 0 Å². The van der Waals surface area contributed by atoms with Gasteiger partial charge in [-0.15, -0.1) is 11.3 Å². The van der Waals surface area contributed by atoms with Crippen LogP contribution in [-0.4, -0.2) is 103 Å². The van der Waals surface area contributed by atoms with Crippen LogP contribution in [0, 0.1) is 18.8 Å². The van der Waals surface area contributed by atoms with Crippen LogP contribution in [0.3, 0.4) is 0 Å². The summed E-state index contributed by atoms with van der Waals surface area (Å²) in [5.41, 5.74) is 7.59. The number of aryl methyl sites for hydroxylation is 1. The third kappa shape index (κ3) is 8.25. The average molecular weight is 943 g/mol. The molecule has 6 aromatic rings. The van der Waals surface area contributed by atoms with Gasteiger partial charge in [0.2, 0.25) is 18.0 Å². The van der Waals surface area contributed by atoms with Crippen molar-refractivity contribution >= 4 is 46.2 Å². The van der Waals surface area contributed by atoms with Gasteiger partial charge < -0.3 is 44.6 Å². The van der Waals surface area contributed by atoms with Crippen LogP contribution in [0.25, 0.3) is 44.7 Å². The van der Waals surface area contributed by atoms with Crippen LogP contribution >= 0.6 is 11.3 Å². The van der Waals surface area contributed by atoms with Crippen LogP contribution < -0.4 is 15.4 Å². The molecule has 4 amide bonds. The molecular weight excluding hydrogens is 885 g/mol. The Kier molecular flexibility index (Phi) is 12.0. The van der Waals surface area contributed by atoms with Gasteiger partial charge in [0, 0.05) is 47.3 Å². The van der Waals surface area contributed by atoms with Gasteiger partial charge >= 0.3 is 12.2 Å². The molecule has 3 aliphatic heterocycles. The van der Waals surface area contributed by atoms with Gasteiger partial charge in [-0.1, -0.05) is 33.8 Å². The van der Waals surface area contributed by atoms with Gasteiger partial charge in [-0.2, -0.15) is 0 Å². The largest absolute Gasteiger partial charge is 0.464 e. The van der Waals surface area contributed by atoms with E-state index in [2.05, 4.69) is 68.5 Å². The molecule has 4 aromatic heterocycles. The van der Waals surface area contributed by atoms with Crippen molar-refractivity contribution in [1.29, 1.82) is 0 Å². The van der Waals surface area contributed by atoms with Crippen molar-refractivity contribution < 1.29 is 33.4 Å². The summed E-state index contributed by atoms with van der Waals surface area (Å²) in [7, 11) is 2.59. The molecule has 4 aliphatic rings. The number of methoxy groups -OCH3 is 2. The minimum Gasteiger partial charge on any atom is -0.464 e. The van der Waals surface area contributed by atoms with Crippen molar-refractivity contribution in [2.45, 2.75) is 109 Å². The lowest BCUT2D eigenvalue weighted by Gasteiger charge is -2.30. The van der Waals surface area contributed by atoms with Gasteiger partial charge in [-0.3, -0.25) is 14.2 Å². The topological polar surface area (TPSA) is 202 Å². The maximum Gasteiger partial charge on any atom is 0.407 e. The van der Waals surface area contributed by atoms with Crippen molar-refractivity contribution in [3.63, 3.8) is 0 Å². The molecule has 356 valence electrons. The van der Waals surface area contributed by atoms with Crippen LogP contribution in [0.4, 0.5) is 9.59 Å². The molecule has 17 nitrogen and oxygen atoms in total. The summed E-state index contributed by atoms with van der Waals surface area (Å²) < 4.78 is 19.0. The number of carbonyl (C=O) groups excluding carboxylic acids is 4. The van der Waals surface area contributed by atoms with E-state index in [-0.39, 0.29) is 35.7 Å². The third-order valence-corrected chi connectivity index (χ3v) is 15.1. The second-order valence-electron chi connectivity index (χ2n) is 19.1. The van der Waals surface area contributed by atoms with Crippen LogP contribution in [0.15, 0.2) is 55.0 Å². The number of amides is 4.